The first-order valence-corrected chi connectivity index (χ1v) is 5.31. The number of rotatable bonds is 3. The molecule has 0 saturated carbocycles. The molecule has 0 aliphatic rings. The molecule has 0 radical (unpaired) electrons. The molecule has 2 aromatic carbocycles. The van der Waals surface area contributed by atoms with Crippen molar-refractivity contribution in [1.82, 2.24) is 0 Å². The van der Waals surface area contributed by atoms with Gasteiger partial charge in [0.1, 0.15) is 5.75 Å². The predicted molar refractivity (Wildman–Crippen MR) is 67.4 cm³/mol. The molecule has 0 fully saturated rings. The molecule has 0 spiro atoms. The SMILES string of the molecule is C=CC[C@H](N)c1c(O)ccc2ccccc12. The molecule has 2 rings (SSSR count). The van der Waals surface area contributed by atoms with E-state index in [4.69, 9.17) is 5.73 Å². The van der Waals surface area contributed by atoms with E-state index < -0.39 is 0 Å². The highest BCUT2D eigenvalue weighted by atomic mass is 16.3. The van der Waals surface area contributed by atoms with Crippen molar-refractivity contribution in [2.75, 3.05) is 0 Å². The topological polar surface area (TPSA) is 46.2 Å². The number of phenolic OH excluding ortho intramolecular Hbond substituents is 1. The van der Waals surface area contributed by atoms with E-state index in [1.54, 1.807) is 12.1 Å². The number of fused-ring (bicyclic) bond motifs is 1. The number of phenols is 1. The Bertz CT molecular complexity index is 519. The molecule has 2 nitrogen and oxygen atoms in total. The Hall–Kier alpha value is -1.80. The summed E-state index contributed by atoms with van der Waals surface area (Å²) < 4.78 is 0. The normalized spacial score (nSPS) is 12.6. The van der Waals surface area contributed by atoms with Crippen LogP contribution in [0.25, 0.3) is 10.8 Å². The van der Waals surface area contributed by atoms with Crippen molar-refractivity contribution in [2.24, 2.45) is 5.73 Å². The lowest BCUT2D eigenvalue weighted by Gasteiger charge is -2.14. The second-order valence-electron chi connectivity index (χ2n) is 3.85. The van der Waals surface area contributed by atoms with E-state index in [1.807, 2.05) is 30.3 Å². The molecule has 2 heteroatoms. The van der Waals surface area contributed by atoms with Crippen LogP contribution in [0.5, 0.6) is 5.75 Å². The summed E-state index contributed by atoms with van der Waals surface area (Å²) in [5.41, 5.74) is 6.84. The van der Waals surface area contributed by atoms with Crippen LogP contribution >= 0.6 is 0 Å². The van der Waals surface area contributed by atoms with Gasteiger partial charge in [-0.1, -0.05) is 36.4 Å². The summed E-state index contributed by atoms with van der Waals surface area (Å²) in [6.45, 7) is 3.67. The van der Waals surface area contributed by atoms with Gasteiger partial charge < -0.3 is 10.8 Å². The van der Waals surface area contributed by atoms with E-state index in [0.717, 1.165) is 16.3 Å². The third-order valence-electron chi connectivity index (χ3n) is 2.74. The first-order chi connectivity index (χ1) is 7.74. The standard InChI is InChI=1S/C14H15NO/c1-2-5-12(15)14-11-7-4-3-6-10(11)8-9-13(14)16/h2-4,6-9,12,16H,1,5,15H2/t12-/m0/s1. The summed E-state index contributed by atoms with van der Waals surface area (Å²) in [6, 6.07) is 11.3. The van der Waals surface area contributed by atoms with Gasteiger partial charge in [0, 0.05) is 11.6 Å². The first kappa shape index (κ1) is 10.7. The van der Waals surface area contributed by atoms with Crippen LogP contribution in [-0.2, 0) is 0 Å². The van der Waals surface area contributed by atoms with E-state index in [9.17, 15) is 5.11 Å². The molecule has 16 heavy (non-hydrogen) atoms. The van der Waals surface area contributed by atoms with Crippen LogP contribution in [0.4, 0.5) is 0 Å². The Morgan fingerprint density at radius 1 is 1.25 bits per heavy atom. The predicted octanol–water partition coefficient (Wildman–Crippen LogP) is 3.12. The summed E-state index contributed by atoms with van der Waals surface area (Å²) in [5.74, 6) is 0.257. The highest BCUT2D eigenvalue weighted by Crippen LogP contribution is 2.32. The molecular formula is C14H15NO. The molecular weight excluding hydrogens is 198 g/mol. The molecule has 0 aliphatic carbocycles. The smallest absolute Gasteiger partial charge is 0.120 e. The van der Waals surface area contributed by atoms with Crippen LogP contribution in [0.1, 0.15) is 18.0 Å². The third-order valence-corrected chi connectivity index (χ3v) is 2.74. The average Bonchev–Trinajstić information content (AvgIpc) is 2.29. The number of hydrogen-bond donors (Lipinski definition) is 2. The minimum atomic E-state index is -0.205. The fourth-order valence-electron chi connectivity index (χ4n) is 1.97. The van der Waals surface area contributed by atoms with Crippen LogP contribution in [0.3, 0.4) is 0 Å². The molecule has 0 amide bonds. The summed E-state index contributed by atoms with van der Waals surface area (Å²) in [5, 5.41) is 12.0. The Morgan fingerprint density at radius 3 is 2.75 bits per heavy atom. The van der Waals surface area contributed by atoms with Gasteiger partial charge in [0.05, 0.1) is 0 Å². The molecule has 3 N–H and O–H groups in total. The highest BCUT2D eigenvalue weighted by Gasteiger charge is 2.12. The minimum absolute atomic E-state index is 0.205. The average molecular weight is 213 g/mol. The van der Waals surface area contributed by atoms with Gasteiger partial charge in [0.25, 0.3) is 0 Å². The highest BCUT2D eigenvalue weighted by molar-refractivity contribution is 5.88. The van der Waals surface area contributed by atoms with Crippen molar-refractivity contribution in [3.63, 3.8) is 0 Å². The first-order valence-electron chi connectivity index (χ1n) is 5.31. The number of benzene rings is 2. The number of hydrogen-bond acceptors (Lipinski definition) is 2. The summed E-state index contributed by atoms with van der Waals surface area (Å²) in [7, 11) is 0. The van der Waals surface area contributed by atoms with E-state index in [0.29, 0.717) is 6.42 Å². The Morgan fingerprint density at radius 2 is 2.00 bits per heavy atom. The molecule has 0 unspecified atom stereocenters. The molecule has 0 aliphatic heterocycles. The lowest BCUT2D eigenvalue weighted by Crippen LogP contribution is -2.09. The van der Waals surface area contributed by atoms with E-state index >= 15 is 0 Å². The largest absolute Gasteiger partial charge is 0.508 e. The van der Waals surface area contributed by atoms with Gasteiger partial charge in [-0.2, -0.15) is 0 Å². The zero-order valence-electron chi connectivity index (χ0n) is 9.06. The van der Waals surface area contributed by atoms with Crippen molar-refractivity contribution in [2.45, 2.75) is 12.5 Å². The Labute approximate surface area is 95.0 Å². The zero-order valence-corrected chi connectivity index (χ0v) is 9.06. The summed E-state index contributed by atoms with van der Waals surface area (Å²) >= 11 is 0. The maximum atomic E-state index is 9.89. The Balaban J connectivity index is 2.65. The maximum absolute atomic E-state index is 9.89. The molecule has 82 valence electrons. The zero-order chi connectivity index (χ0) is 11.5. The maximum Gasteiger partial charge on any atom is 0.120 e. The lowest BCUT2D eigenvalue weighted by atomic mass is 9.96. The summed E-state index contributed by atoms with van der Waals surface area (Å²) in [6.07, 6.45) is 2.42. The quantitative estimate of drug-likeness (QED) is 0.769. The van der Waals surface area contributed by atoms with Crippen LogP contribution in [0.15, 0.2) is 49.1 Å². The van der Waals surface area contributed by atoms with E-state index in [-0.39, 0.29) is 11.8 Å². The fourth-order valence-corrected chi connectivity index (χ4v) is 1.97. The Kier molecular flexibility index (Phi) is 2.93. The van der Waals surface area contributed by atoms with Crippen LogP contribution in [-0.4, -0.2) is 5.11 Å². The molecule has 0 bridgehead atoms. The van der Waals surface area contributed by atoms with Crippen LogP contribution in [0, 0.1) is 0 Å². The second kappa shape index (κ2) is 4.37. The minimum Gasteiger partial charge on any atom is -0.508 e. The van der Waals surface area contributed by atoms with Crippen LogP contribution in [0.2, 0.25) is 0 Å². The van der Waals surface area contributed by atoms with Gasteiger partial charge in [-0.05, 0) is 23.3 Å². The van der Waals surface area contributed by atoms with E-state index in [1.165, 1.54) is 0 Å². The van der Waals surface area contributed by atoms with Gasteiger partial charge in [0.15, 0.2) is 0 Å². The molecule has 0 saturated heterocycles. The van der Waals surface area contributed by atoms with Crippen LogP contribution < -0.4 is 5.73 Å². The van der Waals surface area contributed by atoms with Crippen molar-refractivity contribution in [3.8, 4) is 5.75 Å². The number of nitrogens with two attached hydrogens (primary N) is 1. The van der Waals surface area contributed by atoms with E-state index in [2.05, 4.69) is 6.58 Å². The van der Waals surface area contributed by atoms with Gasteiger partial charge >= 0.3 is 0 Å². The van der Waals surface area contributed by atoms with Gasteiger partial charge in [-0.15, -0.1) is 6.58 Å². The third kappa shape index (κ3) is 1.79. The van der Waals surface area contributed by atoms with Crippen molar-refractivity contribution >= 4 is 10.8 Å². The van der Waals surface area contributed by atoms with Crippen molar-refractivity contribution in [1.29, 1.82) is 0 Å². The second-order valence-corrected chi connectivity index (χ2v) is 3.85. The van der Waals surface area contributed by atoms with Gasteiger partial charge in [-0.25, -0.2) is 0 Å². The van der Waals surface area contributed by atoms with Crippen molar-refractivity contribution in [3.05, 3.63) is 54.6 Å². The molecule has 0 heterocycles. The van der Waals surface area contributed by atoms with Gasteiger partial charge in [0.2, 0.25) is 0 Å². The summed E-state index contributed by atoms with van der Waals surface area (Å²) in [4.78, 5) is 0. The van der Waals surface area contributed by atoms with Gasteiger partial charge in [-0.3, -0.25) is 0 Å². The fraction of sp³-hybridized carbons (Fsp3) is 0.143. The monoisotopic (exact) mass is 213 g/mol. The molecule has 0 aromatic heterocycles. The number of aromatic hydroxyl groups is 1. The molecule has 1 atom stereocenters. The lowest BCUT2D eigenvalue weighted by molar-refractivity contribution is 0.463. The van der Waals surface area contributed by atoms with Crippen molar-refractivity contribution < 1.29 is 5.11 Å². The molecule has 2 aromatic rings.